The van der Waals surface area contributed by atoms with E-state index in [0.29, 0.717) is 20.6 Å². The topological polar surface area (TPSA) is 20.2 Å². The van der Waals surface area contributed by atoms with Gasteiger partial charge in [0.15, 0.2) is 0 Å². The largest absolute Gasteiger partial charge is 0.384 e. The monoisotopic (exact) mass is 286 g/mol. The van der Waals surface area contributed by atoms with Crippen LogP contribution in [0.2, 0.25) is 15.1 Å². The van der Waals surface area contributed by atoms with Crippen molar-refractivity contribution in [3.63, 3.8) is 0 Å². The summed E-state index contributed by atoms with van der Waals surface area (Å²) < 4.78 is 0. The molecule has 0 bridgehead atoms. The number of hydrogen-bond acceptors (Lipinski definition) is 1. The predicted octanol–water partition coefficient (Wildman–Crippen LogP) is 4.73. The van der Waals surface area contributed by atoms with Gasteiger partial charge in [-0.1, -0.05) is 59.1 Å². The number of benzene rings is 2. The summed E-state index contributed by atoms with van der Waals surface area (Å²) in [7, 11) is 0. The molecular weight excluding hydrogens is 279 g/mol. The molecule has 0 saturated carbocycles. The molecule has 2 aromatic rings. The lowest BCUT2D eigenvalue weighted by Crippen LogP contribution is -2.00. The van der Waals surface area contributed by atoms with Gasteiger partial charge in [-0.15, -0.1) is 0 Å². The Balaban J connectivity index is 2.40. The molecule has 0 aliphatic carbocycles. The van der Waals surface area contributed by atoms with Crippen molar-refractivity contribution >= 4 is 34.8 Å². The lowest BCUT2D eigenvalue weighted by Gasteiger charge is -2.13. The van der Waals surface area contributed by atoms with E-state index in [2.05, 4.69) is 0 Å². The fourth-order valence-electron chi connectivity index (χ4n) is 1.56. The third kappa shape index (κ3) is 2.75. The average Bonchev–Trinajstić information content (AvgIpc) is 2.33. The summed E-state index contributed by atoms with van der Waals surface area (Å²) in [5.74, 6) is 0. The number of rotatable bonds is 2. The lowest BCUT2D eigenvalue weighted by molar-refractivity contribution is 0.220. The highest BCUT2D eigenvalue weighted by Crippen LogP contribution is 2.33. The maximum absolute atomic E-state index is 10.2. The summed E-state index contributed by atoms with van der Waals surface area (Å²) in [5.41, 5.74) is 1.31. The van der Waals surface area contributed by atoms with Crippen LogP contribution in [0.25, 0.3) is 0 Å². The van der Waals surface area contributed by atoms with E-state index in [4.69, 9.17) is 34.8 Å². The van der Waals surface area contributed by atoms with Gasteiger partial charge >= 0.3 is 0 Å². The molecule has 0 radical (unpaired) electrons. The van der Waals surface area contributed by atoms with E-state index < -0.39 is 6.10 Å². The lowest BCUT2D eigenvalue weighted by atomic mass is 10.0. The van der Waals surface area contributed by atoms with Crippen LogP contribution >= 0.6 is 34.8 Å². The SMILES string of the molecule is OC(c1ccc(Cl)cc1)c1cccc(Cl)c1Cl. The molecule has 0 saturated heterocycles. The Hall–Kier alpha value is -0.730. The van der Waals surface area contributed by atoms with Gasteiger partial charge in [-0.2, -0.15) is 0 Å². The molecule has 0 fully saturated rings. The molecule has 2 rings (SSSR count). The Morgan fingerprint density at radius 3 is 2.18 bits per heavy atom. The zero-order valence-electron chi connectivity index (χ0n) is 8.70. The smallest absolute Gasteiger partial charge is 0.106 e. The molecule has 88 valence electrons. The van der Waals surface area contributed by atoms with Crippen LogP contribution in [-0.4, -0.2) is 5.11 Å². The maximum Gasteiger partial charge on any atom is 0.106 e. The van der Waals surface area contributed by atoms with E-state index >= 15 is 0 Å². The van der Waals surface area contributed by atoms with Crippen molar-refractivity contribution in [1.29, 1.82) is 0 Å². The van der Waals surface area contributed by atoms with E-state index in [1.165, 1.54) is 0 Å². The Bertz CT molecular complexity index is 523. The number of aliphatic hydroxyl groups excluding tert-OH is 1. The molecule has 17 heavy (non-hydrogen) atoms. The van der Waals surface area contributed by atoms with Crippen molar-refractivity contribution in [2.75, 3.05) is 0 Å². The molecule has 1 unspecified atom stereocenters. The van der Waals surface area contributed by atoms with Crippen molar-refractivity contribution in [2.45, 2.75) is 6.10 Å². The molecule has 0 spiro atoms. The van der Waals surface area contributed by atoms with Crippen LogP contribution in [0.3, 0.4) is 0 Å². The van der Waals surface area contributed by atoms with Crippen molar-refractivity contribution in [3.8, 4) is 0 Å². The van der Waals surface area contributed by atoms with E-state index in [1.807, 2.05) is 0 Å². The van der Waals surface area contributed by atoms with Gasteiger partial charge in [-0.3, -0.25) is 0 Å². The molecule has 0 amide bonds. The summed E-state index contributed by atoms with van der Waals surface area (Å²) in [6.45, 7) is 0. The number of aliphatic hydroxyl groups is 1. The Kier molecular flexibility index (Phi) is 3.95. The van der Waals surface area contributed by atoms with Gasteiger partial charge in [0.1, 0.15) is 6.10 Å². The van der Waals surface area contributed by atoms with Crippen molar-refractivity contribution in [1.82, 2.24) is 0 Å². The first kappa shape index (κ1) is 12.7. The maximum atomic E-state index is 10.2. The summed E-state index contributed by atoms with van der Waals surface area (Å²) in [5, 5.41) is 11.6. The van der Waals surface area contributed by atoms with Crippen LogP contribution in [-0.2, 0) is 0 Å². The quantitative estimate of drug-likeness (QED) is 0.846. The van der Waals surface area contributed by atoms with E-state index in [1.54, 1.807) is 42.5 Å². The molecule has 1 atom stereocenters. The molecule has 1 N–H and O–H groups in total. The van der Waals surface area contributed by atoms with Gasteiger partial charge in [-0.05, 0) is 23.8 Å². The Morgan fingerprint density at radius 2 is 1.53 bits per heavy atom. The zero-order chi connectivity index (χ0) is 12.4. The second kappa shape index (κ2) is 5.28. The van der Waals surface area contributed by atoms with Gasteiger partial charge in [0.25, 0.3) is 0 Å². The minimum Gasteiger partial charge on any atom is -0.384 e. The van der Waals surface area contributed by atoms with Gasteiger partial charge in [0.2, 0.25) is 0 Å². The van der Waals surface area contributed by atoms with Crippen molar-refractivity contribution < 1.29 is 5.11 Å². The second-order valence-electron chi connectivity index (χ2n) is 3.60. The molecular formula is C13H9Cl3O. The highest BCUT2D eigenvalue weighted by Gasteiger charge is 2.15. The first-order valence-corrected chi connectivity index (χ1v) is 6.10. The van der Waals surface area contributed by atoms with E-state index in [-0.39, 0.29) is 0 Å². The zero-order valence-corrected chi connectivity index (χ0v) is 11.0. The molecule has 0 heterocycles. The minimum atomic E-state index is -0.807. The fraction of sp³-hybridized carbons (Fsp3) is 0.0769. The predicted molar refractivity (Wildman–Crippen MR) is 72.0 cm³/mol. The number of halogens is 3. The van der Waals surface area contributed by atoms with Crippen LogP contribution in [0.1, 0.15) is 17.2 Å². The molecule has 0 aliphatic heterocycles. The van der Waals surface area contributed by atoms with Crippen molar-refractivity contribution in [2.24, 2.45) is 0 Å². The third-order valence-electron chi connectivity index (χ3n) is 2.46. The molecule has 2 aromatic carbocycles. The minimum absolute atomic E-state index is 0.372. The average molecular weight is 288 g/mol. The van der Waals surface area contributed by atoms with Gasteiger partial charge in [-0.25, -0.2) is 0 Å². The second-order valence-corrected chi connectivity index (χ2v) is 4.82. The van der Waals surface area contributed by atoms with Gasteiger partial charge in [0.05, 0.1) is 10.0 Å². The third-order valence-corrected chi connectivity index (χ3v) is 3.55. The molecule has 0 aliphatic rings. The van der Waals surface area contributed by atoms with Gasteiger partial charge < -0.3 is 5.11 Å². The Morgan fingerprint density at radius 1 is 0.882 bits per heavy atom. The molecule has 1 nitrogen and oxygen atoms in total. The van der Waals surface area contributed by atoms with Crippen LogP contribution in [0.5, 0.6) is 0 Å². The summed E-state index contributed by atoms with van der Waals surface area (Å²) in [6, 6.07) is 12.1. The number of hydrogen-bond donors (Lipinski definition) is 1. The Labute approximate surface area is 115 Å². The highest BCUT2D eigenvalue weighted by molar-refractivity contribution is 6.42. The molecule has 4 heteroatoms. The van der Waals surface area contributed by atoms with Crippen LogP contribution < -0.4 is 0 Å². The summed E-state index contributed by atoms with van der Waals surface area (Å²) in [4.78, 5) is 0. The first-order chi connectivity index (χ1) is 8.09. The van der Waals surface area contributed by atoms with Crippen molar-refractivity contribution in [3.05, 3.63) is 68.7 Å². The highest BCUT2D eigenvalue weighted by atomic mass is 35.5. The standard InChI is InChI=1S/C13H9Cl3O/c14-9-6-4-8(5-7-9)13(17)10-2-1-3-11(15)12(10)16/h1-7,13,17H. The normalized spacial score (nSPS) is 12.5. The van der Waals surface area contributed by atoms with Crippen LogP contribution in [0, 0.1) is 0 Å². The van der Waals surface area contributed by atoms with Gasteiger partial charge in [0, 0.05) is 10.6 Å². The van der Waals surface area contributed by atoms with E-state index in [0.717, 1.165) is 5.56 Å². The summed E-state index contributed by atoms with van der Waals surface area (Å²) >= 11 is 17.7. The fourth-order valence-corrected chi connectivity index (χ4v) is 2.09. The molecule has 0 aromatic heterocycles. The van der Waals surface area contributed by atoms with E-state index in [9.17, 15) is 5.11 Å². The van der Waals surface area contributed by atoms with Crippen LogP contribution in [0.4, 0.5) is 0 Å². The van der Waals surface area contributed by atoms with Crippen LogP contribution in [0.15, 0.2) is 42.5 Å². The summed E-state index contributed by atoms with van der Waals surface area (Å²) in [6.07, 6.45) is -0.807. The first-order valence-electron chi connectivity index (χ1n) is 4.97.